The first-order chi connectivity index (χ1) is 9.50. The van der Waals surface area contributed by atoms with Gasteiger partial charge in [0.1, 0.15) is 11.9 Å². The van der Waals surface area contributed by atoms with E-state index in [0.717, 1.165) is 5.69 Å². The summed E-state index contributed by atoms with van der Waals surface area (Å²) in [7, 11) is 0. The van der Waals surface area contributed by atoms with E-state index >= 15 is 0 Å². The topological polar surface area (TPSA) is 91.2 Å². The third-order valence-corrected chi connectivity index (χ3v) is 3.66. The molecule has 0 aliphatic heterocycles. The lowest BCUT2D eigenvalue weighted by molar-refractivity contribution is 0.0895. The Morgan fingerprint density at radius 1 is 1.60 bits per heavy atom. The molecule has 2 rings (SSSR count). The zero-order chi connectivity index (χ0) is 14.7. The molecule has 0 spiro atoms. The van der Waals surface area contributed by atoms with E-state index in [0.29, 0.717) is 10.2 Å². The summed E-state index contributed by atoms with van der Waals surface area (Å²) in [6, 6.07) is 3.33. The van der Waals surface area contributed by atoms with Crippen molar-refractivity contribution in [1.29, 1.82) is 0 Å². The van der Waals surface area contributed by atoms with Crippen LogP contribution in [0.3, 0.4) is 0 Å². The Bertz CT molecular complexity index is 578. The maximum atomic E-state index is 12.0. The van der Waals surface area contributed by atoms with E-state index in [2.05, 4.69) is 31.4 Å². The number of aromatic amines is 1. The first-order valence-corrected chi connectivity index (χ1v) is 7.03. The molecule has 2 aromatic rings. The van der Waals surface area contributed by atoms with Gasteiger partial charge in [-0.3, -0.25) is 9.89 Å². The molecule has 1 atom stereocenters. The van der Waals surface area contributed by atoms with E-state index in [1.165, 1.54) is 6.26 Å². The van der Waals surface area contributed by atoms with E-state index in [-0.39, 0.29) is 24.1 Å². The predicted octanol–water partition coefficient (Wildman–Crippen LogP) is 2.35. The average molecular weight is 342 g/mol. The highest BCUT2D eigenvalue weighted by atomic mass is 79.9. The van der Waals surface area contributed by atoms with Gasteiger partial charge >= 0.3 is 0 Å². The Morgan fingerprint density at radius 2 is 2.35 bits per heavy atom. The smallest absolute Gasteiger partial charge is 0.273 e. The van der Waals surface area contributed by atoms with Gasteiger partial charge in [-0.05, 0) is 34.0 Å². The maximum Gasteiger partial charge on any atom is 0.273 e. The van der Waals surface area contributed by atoms with Crippen molar-refractivity contribution in [3.63, 3.8) is 0 Å². The predicted molar refractivity (Wildman–Crippen MR) is 76.4 cm³/mol. The molecule has 0 saturated carbocycles. The van der Waals surface area contributed by atoms with Gasteiger partial charge in [-0.2, -0.15) is 5.10 Å². The van der Waals surface area contributed by atoms with Gasteiger partial charge in [0, 0.05) is 0 Å². The maximum absolute atomic E-state index is 12.0. The molecule has 0 saturated heterocycles. The summed E-state index contributed by atoms with van der Waals surface area (Å²) in [5, 5.41) is 19.3. The summed E-state index contributed by atoms with van der Waals surface area (Å²) < 4.78 is 5.71. The number of furan rings is 1. The molecule has 1 amide bonds. The van der Waals surface area contributed by atoms with Crippen LogP contribution in [-0.4, -0.2) is 27.8 Å². The van der Waals surface area contributed by atoms with Crippen LogP contribution in [0, 0.1) is 0 Å². The van der Waals surface area contributed by atoms with Gasteiger partial charge < -0.3 is 14.8 Å². The quantitative estimate of drug-likeness (QED) is 0.778. The first-order valence-electron chi connectivity index (χ1n) is 6.24. The SMILES string of the molecule is CC(C)c1[nH]nc(C(=O)NCC(O)c2ccco2)c1Br. The van der Waals surface area contributed by atoms with E-state index in [4.69, 9.17) is 4.42 Å². The fourth-order valence-electron chi connectivity index (χ4n) is 1.73. The summed E-state index contributed by atoms with van der Waals surface area (Å²) in [6.07, 6.45) is 0.593. The number of hydrogen-bond acceptors (Lipinski definition) is 4. The van der Waals surface area contributed by atoms with Crippen molar-refractivity contribution in [3.8, 4) is 0 Å². The molecule has 6 nitrogen and oxygen atoms in total. The number of nitrogens with one attached hydrogen (secondary N) is 2. The average Bonchev–Trinajstić information content (AvgIpc) is 3.04. The second-order valence-corrected chi connectivity index (χ2v) is 5.49. The molecule has 3 N–H and O–H groups in total. The number of rotatable bonds is 5. The Labute approximate surface area is 124 Å². The minimum absolute atomic E-state index is 0.0582. The summed E-state index contributed by atoms with van der Waals surface area (Å²) >= 11 is 3.36. The highest BCUT2D eigenvalue weighted by molar-refractivity contribution is 9.10. The first kappa shape index (κ1) is 14.8. The summed E-state index contributed by atoms with van der Waals surface area (Å²) in [4.78, 5) is 12.0. The molecule has 2 aromatic heterocycles. The number of aliphatic hydroxyl groups excluding tert-OH is 1. The molecule has 20 heavy (non-hydrogen) atoms. The van der Waals surface area contributed by atoms with E-state index < -0.39 is 6.10 Å². The van der Waals surface area contributed by atoms with Crippen LogP contribution in [0.2, 0.25) is 0 Å². The van der Waals surface area contributed by atoms with Crippen molar-refractivity contribution >= 4 is 21.8 Å². The number of halogens is 1. The lowest BCUT2D eigenvalue weighted by atomic mass is 10.1. The van der Waals surface area contributed by atoms with Gasteiger partial charge in [-0.15, -0.1) is 0 Å². The van der Waals surface area contributed by atoms with Crippen molar-refractivity contribution in [3.05, 3.63) is 40.0 Å². The van der Waals surface area contributed by atoms with Crippen LogP contribution >= 0.6 is 15.9 Å². The summed E-state index contributed by atoms with van der Waals surface area (Å²) in [6.45, 7) is 4.06. The minimum Gasteiger partial charge on any atom is -0.467 e. The van der Waals surface area contributed by atoms with Crippen LogP contribution in [0.1, 0.15) is 47.8 Å². The molecule has 0 radical (unpaired) electrons. The molecule has 0 aliphatic carbocycles. The molecule has 0 bridgehead atoms. The van der Waals surface area contributed by atoms with Crippen molar-refractivity contribution in [2.45, 2.75) is 25.9 Å². The Balaban J connectivity index is 1.99. The van der Waals surface area contributed by atoms with Gasteiger partial charge in [-0.1, -0.05) is 13.8 Å². The molecular weight excluding hydrogens is 326 g/mol. The van der Waals surface area contributed by atoms with E-state index in [1.54, 1.807) is 12.1 Å². The highest BCUT2D eigenvalue weighted by Gasteiger charge is 2.20. The number of aromatic nitrogens is 2. The molecule has 0 aromatic carbocycles. The molecule has 0 aliphatic rings. The fraction of sp³-hybridized carbons (Fsp3) is 0.385. The van der Waals surface area contributed by atoms with Crippen molar-refractivity contribution in [2.75, 3.05) is 6.54 Å². The molecule has 2 heterocycles. The van der Waals surface area contributed by atoms with Gasteiger partial charge in [0.25, 0.3) is 5.91 Å². The largest absolute Gasteiger partial charge is 0.467 e. The third-order valence-electron chi connectivity index (χ3n) is 2.85. The number of nitrogens with zero attached hydrogens (tertiary/aromatic N) is 1. The van der Waals surface area contributed by atoms with Crippen molar-refractivity contribution in [1.82, 2.24) is 15.5 Å². The van der Waals surface area contributed by atoms with Gasteiger partial charge in [0.05, 0.1) is 23.0 Å². The zero-order valence-electron chi connectivity index (χ0n) is 11.2. The van der Waals surface area contributed by atoms with Gasteiger partial charge in [-0.25, -0.2) is 0 Å². The molecule has 7 heteroatoms. The van der Waals surface area contributed by atoms with Crippen LogP contribution in [0.25, 0.3) is 0 Å². The molecule has 0 fully saturated rings. The highest BCUT2D eigenvalue weighted by Crippen LogP contribution is 2.25. The number of carbonyl (C=O) groups excluding carboxylic acids is 1. The van der Waals surface area contributed by atoms with Gasteiger partial charge in [0.2, 0.25) is 0 Å². The van der Waals surface area contributed by atoms with Gasteiger partial charge in [0.15, 0.2) is 5.69 Å². The number of hydrogen-bond donors (Lipinski definition) is 3. The second-order valence-electron chi connectivity index (χ2n) is 4.70. The van der Waals surface area contributed by atoms with Crippen LogP contribution in [0.5, 0.6) is 0 Å². The zero-order valence-corrected chi connectivity index (χ0v) is 12.8. The monoisotopic (exact) mass is 341 g/mol. The van der Waals surface area contributed by atoms with Crippen molar-refractivity contribution in [2.24, 2.45) is 0 Å². The number of H-pyrrole nitrogens is 1. The van der Waals surface area contributed by atoms with Crippen LogP contribution in [-0.2, 0) is 0 Å². The standard InChI is InChI=1S/C13H16BrN3O3/c1-7(2)11-10(14)12(17-16-11)13(19)15-6-8(18)9-4-3-5-20-9/h3-5,7-8,18H,6H2,1-2H3,(H,15,19)(H,16,17). The number of amides is 1. The van der Waals surface area contributed by atoms with Crippen LogP contribution in [0.4, 0.5) is 0 Å². The lowest BCUT2D eigenvalue weighted by Crippen LogP contribution is -2.28. The molecule has 108 valence electrons. The van der Waals surface area contributed by atoms with Crippen LogP contribution in [0.15, 0.2) is 27.3 Å². The lowest BCUT2D eigenvalue weighted by Gasteiger charge is -2.08. The summed E-state index contributed by atoms with van der Waals surface area (Å²) in [5.74, 6) is 0.284. The van der Waals surface area contributed by atoms with Crippen molar-refractivity contribution < 1.29 is 14.3 Å². The Morgan fingerprint density at radius 3 is 2.90 bits per heavy atom. The number of carbonyl (C=O) groups is 1. The fourth-order valence-corrected chi connectivity index (χ4v) is 2.54. The van der Waals surface area contributed by atoms with E-state index in [1.807, 2.05) is 13.8 Å². The van der Waals surface area contributed by atoms with E-state index in [9.17, 15) is 9.90 Å². The molecule has 1 unspecified atom stereocenters. The summed E-state index contributed by atoms with van der Waals surface area (Å²) in [5.41, 5.74) is 1.14. The minimum atomic E-state index is -0.878. The van der Waals surface area contributed by atoms with Crippen LogP contribution < -0.4 is 5.32 Å². The Kier molecular flexibility index (Phi) is 4.61. The molecular formula is C13H16BrN3O3. The normalized spacial score (nSPS) is 12.7. The second kappa shape index (κ2) is 6.23. The third kappa shape index (κ3) is 3.10. The Hall–Kier alpha value is -1.60. The number of aliphatic hydroxyl groups is 1.